The first-order valence-electron chi connectivity index (χ1n) is 11.4. The Labute approximate surface area is 224 Å². The van der Waals surface area contributed by atoms with Gasteiger partial charge >= 0.3 is 16.1 Å². The van der Waals surface area contributed by atoms with E-state index in [1.165, 1.54) is 37.5 Å². The molecule has 0 radical (unpaired) electrons. The minimum Gasteiger partial charge on any atom is -0.493 e. The fourth-order valence-electron chi connectivity index (χ4n) is 3.71. The highest BCUT2D eigenvalue weighted by atomic mass is 35.5. The molecular formula is C27H23ClN2O7S. The Balaban J connectivity index is 1.68. The monoisotopic (exact) mass is 554 g/mol. The lowest BCUT2D eigenvalue weighted by atomic mass is 10.1. The number of hydrogen-bond donors (Lipinski definition) is 1. The van der Waals surface area contributed by atoms with Crippen LogP contribution in [-0.2, 0) is 26.1 Å². The molecule has 1 aliphatic rings. The number of aryl methyl sites for hydroxylation is 2. The van der Waals surface area contributed by atoms with E-state index in [0.717, 1.165) is 22.4 Å². The van der Waals surface area contributed by atoms with E-state index < -0.39 is 28.0 Å². The van der Waals surface area contributed by atoms with Gasteiger partial charge in [0.25, 0.3) is 11.8 Å². The van der Waals surface area contributed by atoms with E-state index in [1.54, 1.807) is 36.4 Å². The number of barbiturate groups is 1. The first kappa shape index (κ1) is 26.9. The fraction of sp³-hybridized carbons (Fsp3) is 0.148. The van der Waals surface area contributed by atoms with Crippen LogP contribution in [0.15, 0.2) is 71.1 Å². The molecule has 38 heavy (non-hydrogen) atoms. The zero-order chi connectivity index (χ0) is 27.6. The highest BCUT2D eigenvalue weighted by Gasteiger charge is 2.37. The highest BCUT2D eigenvalue weighted by molar-refractivity contribution is 7.87. The standard InChI is InChI=1S/C27H23ClN2O7S/c1-4-17-7-9-19(10-8-17)30-26(32)21(25(31)29-27(30)33)13-18-14-22(28)24(23(15-18)36-3)37-38(34,35)20-11-5-16(2)6-12-20/h5-15H,4H2,1-3H3,(H,29,31,33)/b21-13+. The molecule has 4 rings (SSSR count). The molecule has 3 aromatic rings. The fourth-order valence-corrected chi connectivity index (χ4v) is 4.97. The Morgan fingerprint density at radius 3 is 2.26 bits per heavy atom. The Morgan fingerprint density at radius 2 is 1.66 bits per heavy atom. The second-order valence-electron chi connectivity index (χ2n) is 8.36. The van der Waals surface area contributed by atoms with Gasteiger partial charge < -0.3 is 8.92 Å². The third-order valence-electron chi connectivity index (χ3n) is 5.77. The molecule has 11 heteroatoms. The molecule has 1 saturated heterocycles. The van der Waals surface area contributed by atoms with Gasteiger partial charge in [0.2, 0.25) is 5.75 Å². The minimum atomic E-state index is -4.23. The summed E-state index contributed by atoms with van der Waals surface area (Å²) in [6.07, 6.45) is 2.00. The number of anilines is 1. The van der Waals surface area contributed by atoms with Crippen molar-refractivity contribution in [3.8, 4) is 11.5 Å². The SMILES string of the molecule is CCc1ccc(N2C(=O)NC(=O)/C(=C\c3cc(Cl)c(OS(=O)(=O)c4ccc(C)cc4)c(OC)c3)C2=O)cc1. The number of benzene rings is 3. The van der Waals surface area contributed by atoms with Crippen LogP contribution in [0.3, 0.4) is 0 Å². The van der Waals surface area contributed by atoms with Gasteiger partial charge in [0, 0.05) is 0 Å². The van der Waals surface area contributed by atoms with E-state index in [9.17, 15) is 22.8 Å². The van der Waals surface area contributed by atoms with Crippen LogP contribution in [0.1, 0.15) is 23.6 Å². The Bertz CT molecular complexity index is 1560. The molecule has 1 aliphatic heterocycles. The van der Waals surface area contributed by atoms with Crippen molar-refractivity contribution in [3.05, 3.63) is 87.9 Å². The van der Waals surface area contributed by atoms with Crippen molar-refractivity contribution >= 4 is 51.3 Å². The summed E-state index contributed by atoms with van der Waals surface area (Å²) in [5.41, 5.74) is 2.09. The predicted octanol–water partition coefficient (Wildman–Crippen LogP) is 4.65. The summed E-state index contributed by atoms with van der Waals surface area (Å²) < 4.78 is 36.1. The van der Waals surface area contributed by atoms with Crippen LogP contribution in [0.2, 0.25) is 5.02 Å². The zero-order valence-electron chi connectivity index (χ0n) is 20.6. The van der Waals surface area contributed by atoms with Crippen molar-refractivity contribution < 1.29 is 31.7 Å². The Hall–Kier alpha value is -4.15. The molecule has 0 bridgehead atoms. The number of amides is 4. The molecule has 1 fully saturated rings. The zero-order valence-corrected chi connectivity index (χ0v) is 22.2. The van der Waals surface area contributed by atoms with Crippen LogP contribution >= 0.6 is 11.6 Å². The number of rotatable bonds is 7. The average Bonchev–Trinajstić information content (AvgIpc) is 2.88. The van der Waals surface area contributed by atoms with Gasteiger partial charge in [-0.3, -0.25) is 14.9 Å². The molecule has 0 atom stereocenters. The van der Waals surface area contributed by atoms with E-state index >= 15 is 0 Å². The van der Waals surface area contributed by atoms with Gasteiger partial charge in [-0.1, -0.05) is 48.4 Å². The molecule has 0 unspecified atom stereocenters. The number of imide groups is 2. The molecule has 1 heterocycles. The second-order valence-corrected chi connectivity index (χ2v) is 10.3. The number of halogens is 1. The number of carbonyl (C=O) groups excluding carboxylic acids is 3. The molecule has 0 saturated carbocycles. The summed E-state index contributed by atoms with van der Waals surface area (Å²) in [6, 6.07) is 14.7. The van der Waals surface area contributed by atoms with E-state index in [4.69, 9.17) is 20.5 Å². The van der Waals surface area contributed by atoms with Gasteiger partial charge in [-0.05, 0) is 66.9 Å². The van der Waals surface area contributed by atoms with Gasteiger partial charge in [0.15, 0.2) is 5.75 Å². The number of urea groups is 1. The van der Waals surface area contributed by atoms with Gasteiger partial charge in [-0.25, -0.2) is 9.69 Å². The van der Waals surface area contributed by atoms with Crippen LogP contribution in [0, 0.1) is 6.92 Å². The summed E-state index contributed by atoms with van der Waals surface area (Å²) in [7, 11) is -2.95. The second kappa shape index (κ2) is 10.7. The van der Waals surface area contributed by atoms with Crippen LogP contribution in [0.5, 0.6) is 11.5 Å². The maximum absolute atomic E-state index is 13.2. The number of hydrogen-bond acceptors (Lipinski definition) is 7. The lowest BCUT2D eigenvalue weighted by Crippen LogP contribution is -2.54. The lowest BCUT2D eigenvalue weighted by molar-refractivity contribution is -0.122. The molecule has 0 aliphatic carbocycles. The van der Waals surface area contributed by atoms with Crippen LogP contribution in [0.25, 0.3) is 6.08 Å². The van der Waals surface area contributed by atoms with Crippen molar-refractivity contribution in [1.82, 2.24) is 5.32 Å². The summed E-state index contributed by atoms with van der Waals surface area (Å²) in [5.74, 6) is -2.03. The third-order valence-corrected chi connectivity index (χ3v) is 7.29. The molecule has 1 N–H and O–H groups in total. The van der Waals surface area contributed by atoms with Gasteiger partial charge in [-0.2, -0.15) is 8.42 Å². The van der Waals surface area contributed by atoms with Crippen LogP contribution < -0.4 is 19.1 Å². The van der Waals surface area contributed by atoms with Gasteiger partial charge in [0.05, 0.1) is 17.8 Å². The Morgan fingerprint density at radius 1 is 1.00 bits per heavy atom. The maximum Gasteiger partial charge on any atom is 0.339 e. The molecule has 0 spiro atoms. The number of nitrogens with one attached hydrogen (secondary N) is 1. The van der Waals surface area contributed by atoms with E-state index in [0.29, 0.717) is 5.69 Å². The van der Waals surface area contributed by atoms with Gasteiger partial charge in [0.1, 0.15) is 10.5 Å². The number of carbonyl (C=O) groups is 3. The highest BCUT2D eigenvalue weighted by Crippen LogP contribution is 2.39. The van der Waals surface area contributed by atoms with Crippen molar-refractivity contribution in [1.29, 1.82) is 0 Å². The summed E-state index contributed by atoms with van der Waals surface area (Å²) in [5, 5.41) is 2.02. The first-order chi connectivity index (χ1) is 18.0. The van der Waals surface area contributed by atoms with E-state index in [-0.39, 0.29) is 32.6 Å². The van der Waals surface area contributed by atoms with E-state index in [2.05, 4.69) is 5.32 Å². The summed E-state index contributed by atoms with van der Waals surface area (Å²) >= 11 is 6.35. The lowest BCUT2D eigenvalue weighted by Gasteiger charge is -2.26. The molecule has 196 valence electrons. The minimum absolute atomic E-state index is 0.0493. The van der Waals surface area contributed by atoms with Crippen molar-refractivity contribution in [2.45, 2.75) is 25.2 Å². The predicted molar refractivity (Wildman–Crippen MR) is 142 cm³/mol. The quantitative estimate of drug-likeness (QED) is 0.256. The first-order valence-corrected chi connectivity index (χ1v) is 13.2. The molecule has 3 aromatic carbocycles. The van der Waals surface area contributed by atoms with Crippen LogP contribution in [0.4, 0.5) is 10.5 Å². The summed E-state index contributed by atoms with van der Waals surface area (Å²) in [4.78, 5) is 39.0. The van der Waals surface area contributed by atoms with Crippen molar-refractivity contribution in [2.24, 2.45) is 0 Å². The molecule has 4 amide bonds. The molecule has 0 aromatic heterocycles. The van der Waals surface area contributed by atoms with E-state index in [1.807, 2.05) is 13.8 Å². The molecular weight excluding hydrogens is 532 g/mol. The topological polar surface area (TPSA) is 119 Å². The van der Waals surface area contributed by atoms with Gasteiger partial charge in [-0.15, -0.1) is 0 Å². The third kappa shape index (κ3) is 5.41. The summed E-state index contributed by atoms with van der Waals surface area (Å²) in [6.45, 7) is 3.79. The molecule has 9 nitrogen and oxygen atoms in total. The number of methoxy groups -OCH3 is 1. The number of nitrogens with zero attached hydrogens (tertiary/aromatic N) is 1. The normalized spacial score (nSPS) is 15.0. The largest absolute Gasteiger partial charge is 0.493 e. The number of ether oxygens (including phenoxy) is 1. The van der Waals surface area contributed by atoms with Crippen molar-refractivity contribution in [2.75, 3.05) is 12.0 Å². The Kier molecular flexibility index (Phi) is 7.56. The van der Waals surface area contributed by atoms with Crippen molar-refractivity contribution in [3.63, 3.8) is 0 Å². The average molecular weight is 555 g/mol. The maximum atomic E-state index is 13.2. The van der Waals surface area contributed by atoms with Crippen LogP contribution in [-0.4, -0.2) is 33.4 Å². The smallest absolute Gasteiger partial charge is 0.339 e.